The molecule has 0 unspecified atom stereocenters. The second-order valence-electron chi connectivity index (χ2n) is 5.48. The molecule has 0 aliphatic carbocycles. The van der Waals surface area contributed by atoms with Gasteiger partial charge < -0.3 is 20.4 Å². The zero-order valence-electron chi connectivity index (χ0n) is 14.3. The number of aromatic nitrogens is 1. The molecule has 0 fully saturated rings. The van der Waals surface area contributed by atoms with Crippen LogP contribution in [-0.2, 0) is 4.74 Å². The van der Waals surface area contributed by atoms with Crippen LogP contribution in [0.1, 0.15) is 29.4 Å². The second kappa shape index (κ2) is 9.13. The van der Waals surface area contributed by atoms with Gasteiger partial charge in [-0.3, -0.25) is 0 Å². The van der Waals surface area contributed by atoms with E-state index in [1.165, 1.54) is 0 Å². The minimum absolute atomic E-state index is 0.213. The van der Waals surface area contributed by atoms with Crippen molar-refractivity contribution in [3.8, 4) is 11.3 Å². The molecule has 2 rings (SSSR count). The van der Waals surface area contributed by atoms with Crippen LogP contribution < -0.4 is 10.6 Å². The number of hydrogen-bond acceptors (Lipinski definition) is 3. The Labute approximate surface area is 151 Å². The van der Waals surface area contributed by atoms with Crippen molar-refractivity contribution in [1.82, 2.24) is 10.3 Å². The number of H-pyrrole nitrogens is 1. The van der Waals surface area contributed by atoms with Gasteiger partial charge in [0, 0.05) is 18.1 Å². The molecule has 6 nitrogen and oxygen atoms in total. The minimum atomic E-state index is -0.517. The van der Waals surface area contributed by atoms with E-state index in [1.807, 2.05) is 31.2 Å². The molecule has 0 atom stereocenters. The number of hydrogen-bond donors (Lipinski definition) is 3. The van der Waals surface area contributed by atoms with Crippen LogP contribution in [0.4, 0.5) is 10.5 Å². The molecular weight excluding hydrogens is 342 g/mol. The van der Waals surface area contributed by atoms with Crippen LogP contribution in [0.25, 0.3) is 11.3 Å². The van der Waals surface area contributed by atoms with E-state index < -0.39 is 12.0 Å². The van der Waals surface area contributed by atoms with Crippen LogP contribution in [0, 0.1) is 6.92 Å². The fraction of sp³-hybridized carbons (Fsp3) is 0.333. The lowest BCUT2D eigenvalue weighted by atomic mass is 10.1. The Balaban J connectivity index is 2.24. The zero-order chi connectivity index (χ0) is 18.2. The molecule has 25 heavy (non-hydrogen) atoms. The van der Waals surface area contributed by atoms with Gasteiger partial charge in [0.2, 0.25) is 0 Å². The molecule has 0 saturated carbocycles. The van der Waals surface area contributed by atoms with Crippen molar-refractivity contribution >= 4 is 29.3 Å². The Morgan fingerprint density at radius 1 is 1.24 bits per heavy atom. The number of esters is 1. The van der Waals surface area contributed by atoms with Gasteiger partial charge in [-0.25, -0.2) is 9.59 Å². The van der Waals surface area contributed by atoms with E-state index in [1.54, 1.807) is 13.0 Å². The molecule has 0 radical (unpaired) electrons. The molecule has 0 aliphatic heterocycles. The summed E-state index contributed by atoms with van der Waals surface area (Å²) >= 11 is 5.59. The van der Waals surface area contributed by atoms with Crippen molar-refractivity contribution in [3.63, 3.8) is 0 Å². The first-order valence-electron chi connectivity index (χ1n) is 8.13. The van der Waals surface area contributed by atoms with E-state index in [2.05, 4.69) is 15.6 Å². The number of rotatable bonds is 7. The maximum Gasteiger partial charge on any atom is 0.356 e. The van der Waals surface area contributed by atoms with Crippen molar-refractivity contribution in [2.24, 2.45) is 0 Å². The number of aromatic amines is 1. The fourth-order valence-electron chi connectivity index (χ4n) is 2.24. The summed E-state index contributed by atoms with van der Waals surface area (Å²) in [5.74, 6) is -0.0484. The van der Waals surface area contributed by atoms with Crippen LogP contribution >= 0.6 is 11.6 Å². The molecule has 0 aliphatic rings. The highest BCUT2D eigenvalue weighted by Crippen LogP contribution is 2.26. The first-order chi connectivity index (χ1) is 12.0. The average Bonchev–Trinajstić information content (AvgIpc) is 3.00. The molecule has 7 heteroatoms. The highest BCUT2D eigenvalue weighted by atomic mass is 35.5. The number of carbonyl (C=O) groups excluding carboxylic acids is 2. The number of anilines is 1. The van der Waals surface area contributed by atoms with E-state index in [9.17, 15) is 9.59 Å². The first-order valence-corrected chi connectivity index (χ1v) is 8.66. The monoisotopic (exact) mass is 363 g/mol. The van der Waals surface area contributed by atoms with Gasteiger partial charge in [0.05, 0.1) is 12.3 Å². The number of amides is 2. The van der Waals surface area contributed by atoms with Crippen molar-refractivity contribution in [2.75, 3.05) is 24.3 Å². The Morgan fingerprint density at radius 3 is 2.60 bits per heavy atom. The lowest BCUT2D eigenvalue weighted by Gasteiger charge is -2.07. The van der Waals surface area contributed by atoms with Crippen LogP contribution in [0.5, 0.6) is 0 Å². The quantitative estimate of drug-likeness (QED) is 0.396. The highest BCUT2D eigenvalue weighted by molar-refractivity contribution is 6.17. The van der Waals surface area contributed by atoms with E-state index in [0.29, 0.717) is 24.5 Å². The van der Waals surface area contributed by atoms with Gasteiger partial charge in [-0.15, -0.1) is 11.6 Å². The van der Waals surface area contributed by atoms with Crippen LogP contribution in [-0.4, -0.2) is 36.0 Å². The van der Waals surface area contributed by atoms with E-state index in [-0.39, 0.29) is 12.3 Å². The van der Waals surface area contributed by atoms with Gasteiger partial charge in [0.25, 0.3) is 0 Å². The standard InChI is InChI=1S/C18H22ClN3O3/c1-3-25-17(23)16-15(22-18(24)20-10-4-9-19)11-14(21-16)13-7-5-12(2)6-8-13/h5-8,11,21H,3-4,9-10H2,1-2H3,(H2,20,22,24). The molecule has 0 spiro atoms. The summed E-state index contributed by atoms with van der Waals surface area (Å²) in [4.78, 5) is 27.2. The predicted molar refractivity (Wildman–Crippen MR) is 99.3 cm³/mol. The molecule has 2 aromatic rings. The molecule has 0 saturated heterocycles. The third kappa shape index (κ3) is 5.26. The van der Waals surface area contributed by atoms with E-state index >= 15 is 0 Å². The Kier molecular flexibility index (Phi) is 6.89. The number of aryl methyl sites for hydroxylation is 1. The molecule has 1 heterocycles. The maximum atomic E-state index is 12.2. The Morgan fingerprint density at radius 2 is 1.96 bits per heavy atom. The van der Waals surface area contributed by atoms with Crippen molar-refractivity contribution in [3.05, 3.63) is 41.6 Å². The van der Waals surface area contributed by atoms with Crippen LogP contribution in [0.15, 0.2) is 30.3 Å². The largest absolute Gasteiger partial charge is 0.461 e. The minimum Gasteiger partial charge on any atom is -0.461 e. The van der Waals surface area contributed by atoms with Gasteiger partial charge >= 0.3 is 12.0 Å². The lowest BCUT2D eigenvalue weighted by Crippen LogP contribution is -2.30. The normalized spacial score (nSPS) is 10.4. The summed E-state index contributed by atoms with van der Waals surface area (Å²) in [5.41, 5.74) is 3.35. The van der Waals surface area contributed by atoms with Gasteiger partial charge in [0.15, 0.2) is 0 Å². The number of ether oxygens (including phenoxy) is 1. The number of benzene rings is 1. The predicted octanol–water partition coefficient (Wildman–Crippen LogP) is 3.92. The maximum absolute atomic E-state index is 12.2. The number of carbonyl (C=O) groups is 2. The Bertz CT molecular complexity index is 726. The highest BCUT2D eigenvalue weighted by Gasteiger charge is 2.19. The van der Waals surface area contributed by atoms with Gasteiger partial charge in [-0.2, -0.15) is 0 Å². The van der Waals surface area contributed by atoms with Crippen molar-refractivity contribution < 1.29 is 14.3 Å². The van der Waals surface area contributed by atoms with Crippen LogP contribution in [0.3, 0.4) is 0 Å². The second-order valence-corrected chi connectivity index (χ2v) is 5.86. The molecule has 2 amide bonds. The summed E-state index contributed by atoms with van der Waals surface area (Å²) in [7, 11) is 0. The summed E-state index contributed by atoms with van der Waals surface area (Å²) < 4.78 is 5.06. The number of urea groups is 1. The number of halogens is 1. The molecule has 1 aromatic heterocycles. The Hall–Kier alpha value is -2.47. The van der Waals surface area contributed by atoms with Gasteiger partial charge in [-0.1, -0.05) is 29.8 Å². The molecule has 3 N–H and O–H groups in total. The first kappa shape index (κ1) is 18.9. The average molecular weight is 364 g/mol. The molecule has 1 aromatic carbocycles. The molecule has 0 bridgehead atoms. The topological polar surface area (TPSA) is 83.2 Å². The fourth-order valence-corrected chi connectivity index (χ4v) is 2.37. The zero-order valence-corrected chi connectivity index (χ0v) is 15.1. The van der Waals surface area contributed by atoms with Gasteiger partial charge in [-0.05, 0) is 31.9 Å². The summed E-state index contributed by atoms with van der Waals surface area (Å²) in [6.45, 7) is 4.44. The molecule has 134 valence electrons. The summed E-state index contributed by atoms with van der Waals surface area (Å²) in [5, 5.41) is 5.37. The third-order valence-corrected chi connectivity index (χ3v) is 3.77. The van der Waals surface area contributed by atoms with Crippen molar-refractivity contribution in [2.45, 2.75) is 20.3 Å². The van der Waals surface area contributed by atoms with E-state index in [0.717, 1.165) is 16.8 Å². The third-order valence-electron chi connectivity index (χ3n) is 3.50. The number of nitrogens with one attached hydrogen (secondary N) is 3. The van der Waals surface area contributed by atoms with Crippen molar-refractivity contribution in [1.29, 1.82) is 0 Å². The lowest BCUT2D eigenvalue weighted by molar-refractivity contribution is 0.0521. The van der Waals surface area contributed by atoms with Crippen LogP contribution in [0.2, 0.25) is 0 Å². The summed E-state index contributed by atoms with van der Waals surface area (Å²) in [6.07, 6.45) is 0.668. The summed E-state index contributed by atoms with van der Waals surface area (Å²) in [6, 6.07) is 9.17. The molecular formula is C18H22ClN3O3. The smallest absolute Gasteiger partial charge is 0.356 e. The number of alkyl halides is 1. The van der Waals surface area contributed by atoms with Gasteiger partial charge in [0.1, 0.15) is 5.69 Å². The van der Waals surface area contributed by atoms with E-state index in [4.69, 9.17) is 16.3 Å². The SMILES string of the molecule is CCOC(=O)c1[nH]c(-c2ccc(C)cc2)cc1NC(=O)NCCCCl.